The van der Waals surface area contributed by atoms with Crippen molar-refractivity contribution in [1.29, 1.82) is 0 Å². The monoisotopic (exact) mass is 495 g/mol. The maximum absolute atomic E-state index is 10.5. The summed E-state index contributed by atoms with van der Waals surface area (Å²) >= 11 is 0. The van der Waals surface area contributed by atoms with Crippen LogP contribution in [0.15, 0.2) is 91.5 Å². The van der Waals surface area contributed by atoms with Crippen LogP contribution in [0.3, 0.4) is 0 Å². The van der Waals surface area contributed by atoms with Crippen LogP contribution in [0.2, 0.25) is 0 Å². The molecule has 0 saturated carbocycles. The van der Waals surface area contributed by atoms with Crippen molar-refractivity contribution in [3.63, 3.8) is 0 Å². The van der Waals surface area contributed by atoms with E-state index < -0.39 is 0 Å². The number of para-hydroxylation sites is 1. The van der Waals surface area contributed by atoms with E-state index in [-0.39, 0.29) is 5.75 Å². The van der Waals surface area contributed by atoms with Crippen LogP contribution >= 0.6 is 0 Å². The van der Waals surface area contributed by atoms with Crippen LogP contribution in [0.4, 0.5) is 0 Å². The Hall–Kier alpha value is -4.57. The van der Waals surface area contributed by atoms with Gasteiger partial charge in [-0.25, -0.2) is 0 Å². The number of aryl methyl sites for hydroxylation is 3. The standard InChI is InChI=1S/C34H29N3O/c1-23-17-30(22-36-33(23)28-9-6-16-35-20-28)34-27(19-29(21-37-34)31-10-4-5-11-32(31)38)15-13-24-12-14-25-7-2-3-8-26(25)18-24/h4-6,9-22,38H,2-3,7-8H2,1H3/b15-13+. The van der Waals surface area contributed by atoms with Crippen molar-refractivity contribution >= 4 is 12.2 Å². The topological polar surface area (TPSA) is 58.9 Å². The maximum Gasteiger partial charge on any atom is 0.123 e. The molecule has 0 bridgehead atoms. The number of aromatic hydroxyl groups is 1. The molecular weight excluding hydrogens is 466 g/mol. The summed E-state index contributed by atoms with van der Waals surface area (Å²) in [5.74, 6) is 0.241. The molecule has 3 heterocycles. The average Bonchev–Trinajstić information content (AvgIpc) is 2.96. The lowest BCUT2D eigenvalue weighted by molar-refractivity contribution is 0.477. The molecular formula is C34H29N3O. The minimum Gasteiger partial charge on any atom is -0.507 e. The molecule has 2 aromatic carbocycles. The average molecular weight is 496 g/mol. The smallest absolute Gasteiger partial charge is 0.123 e. The molecule has 0 unspecified atom stereocenters. The number of benzene rings is 2. The number of nitrogens with zero attached hydrogens (tertiary/aromatic N) is 3. The number of phenolic OH excluding ortho intramolecular Hbond substituents is 1. The zero-order valence-corrected chi connectivity index (χ0v) is 21.4. The van der Waals surface area contributed by atoms with Gasteiger partial charge in [0.15, 0.2) is 0 Å². The van der Waals surface area contributed by atoms with Gasteiger partial charge in [0.05, 0.1) is 11.4 Å². The quantitative estimate of drug-likeness (QED) is 0.269. The van der Waals surface area contributed by atoms with E-state index in [0.717, 1.165) is 51.2 Å². The Morgan fingerprint density at radius 2 is 1.53 bits per heavy atom. The van der Waals surface area contributed by atoms with Gasteiger partial charge < -0.3 is 5.11 Å². The summed E-state index contributed by atoms with van der Waals surface area (Å²) in [5.41, 5.74) is 11.5. The lowest BCUT2D eigenvalue weighted by Crippen LogP contribution is -2.02. The van der Waals surface area contributed by atoms with Gasteiger partial charge in [-0.15, -0.1) is 0 Å². The van der Waals surface area contributed by atoms with Crippen molar-refractivity contribution in [2.75, 3.05) is 0 Å². The molecule has 3 aromatic heterocycles. The first-order valence-electron chi connectivity index (χ1n) is 13.1. The zero-order valence-electron chi connectivity index (χ0n) is 21.4. The fourth-order valence-electron chi connectivity index (χ4n) is 5.27. The Labute approximate surface area is 223 Å². The Bertz CT molecular complexity index is 1640. The molecule has 0 saturated heterocycles. The molecule has 0 atom stereocenters. The maximum atomic E-state index is 10.5. The van der Waals surface area contributed by atoms with Crippen molar-refractivity contribution < 1.29 is 5.11 Å². The third-order valence-corrected chi connectivity index (χ3v) is 7.25. The van der Waals surface area contributed by atoms with Crippen LogP contribution in [-0.4, -0.2) is 20.1 Å². The van der Waals surface area contributed by atoms with Gasteiger partial charge in [0.2, 0.25) is 0 Å². The number of phenols is 1. The Morgan fingerprint density at radius 3 is 2.34 bits per heavy atom. The predicted molar refractivity (Wildman–Crippen MR) is 155 cm³/mol. The molecule has 0 radical (unpaired) electrons. The third kappa shape index (κ3) is 4.85. The molecule has 6 rings (SSSR count). The van der Waals surface area contributed by atoms with E-state index in [9.17, 15) is 5.11 Å². The van der Waals surface area contributed by atoms with Gasteiger partial charge in [-0.05, 0) is 85.2 Å². The van der Waals surface area contributed by atoms with Gasteiger partial charge in [0, 0.05) is 52.6 Å². The van der Waals surface area contributed by atoms with Crippen LogP contribution in [0.25, 0.3) is 45.8 Å². The molecule has 0 fully saturated rings. The molecule has 4 heteroatoms. The van der Waals surface area contributed by atoms with Gasteiger partial charge in [-0.1, -0.05) is 48.6 Å². The first-order valence-corrected chi connectivity index (χ1v) is 13.1. The molecule has 5 aromatic rings. The Morgan fingerprint density at radius 1 is 0.711 bits per heavy atom. The summed E-state index contributed by atoms with van der Waals surface area (Å²) in [6.07, 6.45) is 16.5. The fraction of sp³-hybridized carbons (Fsp3) is 0.147. The normalized spacial score (nSPS) is 13.0. The van der Waals surface area contributed by atoms with Gasteiger partial charge in [-0.2, -0.15) is 0 Å². The number of aromatic nitrogens is 3. The number of fused-ring (bicyclic) bond motifs is 1. The minimum atomic E-state index is 0.241. The van der Waals surface area contributed by atoms with E-state index in [1.165, 1.54) is 36.0 Å². The van der Waals surface area contributed by atoms with Crippen LogP contribution in [0.5, 0.6) is 5.75 Å². The van der Waals surface area contributed by atoms with E-state index in [0.29, 0.717) is 0 Å². The Balaban J connectivity index is 1.42. The Kier molecular flexibility index (Phi) is 6.53. The molecule has 4 nitrogen and oxygen atoms in total. The fourth-order valence-corrected chi connectivity index (χ4v) is 5.27. The van der Waals surface area contributed by atoms with Crippen molar-refractivity contribution in [2.45, 2.75) is 32.6 Å². The number of hydrogen-bond acceptors (Lipinski definition) is 4. The van der Waals surface area contributed by atoms with E-state index in [4.69, 9.17) is 9.97 Å². The lowest BCUT2D eigenvalue weighted by Gasteiger charge is -2.15. The highest BCUT2D eigenvalue weighted by atomic mass is 16.3. The van der Waals surface area contributed by atoms with Crippen molar-refractivity contribution in [1.82, 2.24) is 15.0 Å². The summed E-state index contributed by atoms with van der Waals surface area (Å²) in [5, 5.41) is 10.5. The lowest BCUT2D eigenvalue weighted by atomic mass is 9.90. The SMILES string of the molecule is Cc1cc(-c2ncc(-c3ccccc3O)cc2/C=C/c2ccc3c(c2)CCCC3)cnc1-c1cccnc1. The number of hydrogen-bond donors (Lipinski definition) is 1. The van der Waals surface area contributed by atoms with E-state index >= 15 is 0 Å². The number of pyridine rings is 3. The summed E-state index contributed by atoms with van der Waals surface area (Å²) < 4.78 is 0. The molecule has 0 spiro atoms. The molecule has 0 aliphatic heterocycles. The highest BCUT2D eigenvalue weighted by Crippen LogP contribution is 2.34. The van der Waals surface area contributed by atoms with Gasteiger partial charge >= 0.3 is 0 Å². The van der Waals surface area contributed by atoms with Crippen molar-refractivity contribution in [2.24, 2.45) is 0 Å². The highest BCUT2D eigenvalue weighted by Gasteiger charge is 2.13. The van der Waals surface area contributed by atoms with E-state index in [1.807, 2.05) is 48.9 Å². The second-order valence-electron chi connectivity index (χ2n) is 9.88. The van der Waals surface area contributed by atoms with Crippen molar-refractivity contribution in [3.05, 3.63) is 119 Å². The first kappa shape index (κ1) is 23.8. The van der Waals surface area contributed by atoms with Crippen LogP contribution in [0, 0.1) is 6.92 Å². The molecule has 186 valence electrons. The van der Waals surface area contributed by atoms with E-state index in [2.05, 4.69) is 54.4 Å². The molecule has 1 aliphatic rings. The molecule has 1 N–H and O–H groups in total. The molecule has 1 aliphatic carbocycles. The van der Waals surface area contributed by atoms with Crippen LogP contribution in [0.1, 0.15) is 40.7 Å². The highest BCUT2D eigenvalue weighted by molar-refractivity contribution is 5.83. The zero-order chi connectivity index (χ0) is 25.9. The minimum absolute atomic E-state index is 0.241. The van der Waals surface area contributed by atoms with Gasteiger partial charge in [-0.3, -0.25) is 15.0 Å². The third-order valence-electron chi connectivity index (χ3n) is 7.25. The first-order chi connectivity index (χ1) is 18.7. The van der Waals surface area contributed by atoms with E-state index in [1.54, 1.807) is 12.3 Å². The number of rotatable bonds is 5. The summed E-state index contributed by atoms with van der Waals surface area (Å²) in [6, 6.07) is 22.3. The molecule has 0 amide bonds. The van der Waals surface area contributed by atoms with Crippen molar-refractivity contribution in [3.8, 4) is 39.4 Å². The van der Waals surface area contributed by atoms with Gasteiger partial charge in [0.1, 0.15) is 5.75 Å². The van der Waals surface area contributed by atoms with Gasteiger partial charge in [0.25, 0.3) is 0 Å². The second kappa shape index (κ2) is 10.4. The summed E-state index contributed by atoms with van der Waals surface area (Å²) in [6.45, 7) is 2.07. The predicted octanol–water partition coefficient (Wildman–Crippen LogP) is 7.94. The van der Waals surface area contributed by atoms with Crippen LogP contribution < -0.4 is 0 Å². The second-order valence-corrected chi connectivity index (χ2v) is 9.88. The summed E-state index contributed by atoms with van der Waals surface area (Å²) in [7, 11) is 0. The van der Waals surface area contributed by atoms with Crippen LogP contribution in [-0.2, 0) is 12.8 Å². The largest absolute Gasteiger partial charge is 0.507 e. The summed E-state index contributed by atoms with van der Waals surface area (Å²) in [4.78, 5) is 13.9. The molecule has 38 heavy (non-hydrogen) atoms.